The van der Waals surface area contributed by atoms with Crippen molar-refractivity contribution in [1.29, 1.82) is 0 Å². The van der Waals surface area contributed by atoms with Gasteiger partial charge in [0, 0.05) is 18.5 Å². The molecule has 5 nitrogen and oxygen atoms in total. The average Bonchev–Trinajstić information content (AvgIpc) is 2.67. The maximum absolute atomic E-state index is 12.1. The van der Waals surface area contributed by atoms with E-state index >= 15 is 0 Å². The summed E-state index contributed by atoms with van der Waals surface area (Å²) in [5.41, 5.74) is 2.05. The lowest BCUT2D eigenvalue weighted by Crippen LogP contribution is -2.42. The number of carbonyl (C=O) groups is 1. The predicted molar refractivity (Wildman–Crippen MR) is 104 cm³/mol. The Hall–Kier alpha value is -2.69. The van der Waals surface area contributed by atoms with E-state index in [0.29, 0.717) is 13.1 Å². The second-order valence-electron chi connectivity index (χ2n) is 6.78. The number of benzene rings is 2. The van der Waals surface area contributed by atoms with Crippen LogP contribution in [0.25, 0.3) is 0 Å². The molecule has 0 saturated heterocycles. The first-order chi connectivity index (χ1) is 12.5. The molecular formula is C21H28N2O3. The van der Waals surface area contributed by atoms with Gasteiger partial charge in [-0.05, 0) is 35.7 Å². The standard InChI is InChI=1S/C21H28N2O3/c1-21(2,17-9-11-18(25-3)12-10-17)15-23-20(24)22-14-13-16-7-5-6-8-19(16)26-4/h5-12H,13-15H2,1-4H3,(H2,22,23,24). The number of amides is 2. The summed E-state index contributed by atoms with van der Waals surface area (Å²) >= 11 is 0. The Bertz CT molecular complexity index is 711. The summed E-state index contributed by atoms with van der Waals surface area (Å²) in [6, 6.07) is 15.6. The third kappa shape index (κ3) is 5.41. The molecule has 2 aromatic carbocycles. The molecule has 0 aliphatic carbocycles. The largest absolute Gasteiger partial charge is 0.497 e. The van der Waals surface area contributed by atoms with Gasteiger partial charge in [0.05, 0.1) is 14.2 Å². The third-order valence-electron chi connectivity index (χ3n) is 4.43. The van der Waals surface area contributed by atoms with Gasteiger partial charge in [0.25, 0.3) is 0 Å². The second kappa shape index (κ2) is 9.13. The van der Waals surface area contributed by atoms with Gasteiger partial charge in [-0.15, -0.1) is 0 Å². The molecule has 0 aliphatic rings. The van der Waals surface area contributed by atoms with Crippen molar-refractivity contribution >= 4 is 6.03 Å². The average molecular weight is 356 g/mol. The molecule has 2 amide bonds. The Labute approximate surface area is 155 Å². The number of nitrogens with one attached hydrogen (secondary N) is 2. The molecule has 140 valence electrons. The fourth-order valence-electron chi connectivity index (χ4n) is 2.73. The van der Waals surface area contributed by atoms with Gasteiger partial charge < -0.3 is 20.1 Å². The molecule has 2 aromatic rings. The summed E-state index contributed by atoms with van der Waals surface area (Å²) in [5, 5.41) is 5.85. The molecular weight excluding hydrogens is 328 g/mol. The highest BCUT2D eigenvalue weighted by Crippen LogP contribution is 2.24. The quantitative estimate of drug-likeness (QED) is 0.761. The first-order valence-electron chi connectivity index (χ1n) is 8.74. The Morgan fingerprint density at radius 1 is 0.962 bits per heavy atom. The number of urea groups is 1. The number of ether oxygens (including phenoxy) is 2. The van der Waals surface area contributed by atoms with E-state index < -0.39 is 0 Å². The van der Waals surface area contributed by atoms with Gasteiger partial charge in [-0.25, -0.2) is 4.79 Å². The minimum absolute atomic E-state index is 0.165. The smallest absolute Gasteiger partial charge is 0.314 e. The molecule has 26 heavy (non-hydrogen) atoms. The number of hydrogen-bond acceptors (Lipinski definition) is 3. The van der Waals surface area contributed by atoms with E-state index in [9.17, 15) is 4.79 Å². The number of para-hydroxylation sites is 1. The van der Waals surface area contributed by atoms with Gasteiger partial charge in [0.1, 0.15) is 11.5 Å². The molecule has 0 spiro atoms. The predicted octanol–water partition coefficient (Wildman–Crippen LogP) is 3.52. The van der Waals surface area contributed by atoms with Crippen molar-refractivity contribution < 1.29 is 14.3 Å². The lowest BCUT2D eigenvalue weighted by Gasteiger charge is -2.26. The zero-order chi connectivity index (χ0) is 19.0. The van der Waals surface area contributed by atoms with Crippen LogP contribution in [0.2, 0.25) is 0 Å². The number of rotatable bonds is 8. The first kappa shape index (κ1) is 19.6. The molecule has 5 heteroatoms. The van der Waals surface area contributed by atoms with E-state index in [4.69, 9.17) is 9.47 Å². The van der Waals surface area contributed by atoms with Crippen LogP contribution in [0.4, 0.5) is 4.79 Å². The lowest BCUT2D eigenvalue weighted by atomic mass is 9.84. The molecule has 0 bridgehead atoms. The highest BCUT2D eigenvalue weighted by atomic mass is 16.5. The van der Waals surface area contributed by atoms with Crippen LogP contribution in [-0.4, -0.2) is 33.3 Å². The van der Waals surface area contributed by atoms with Gasteiger partial charge in [-0.1, -0.05) is 44.2 Å². The summed E-state index contributed by atoms with van der Waals surface area (Å²) in [4.78, 5) is 12.1. The van der Waals surface area contributed by atoms with E-state index in [1.807, 2.05) is 48.5 Å². The summed E-state index contributed by atoms with van der Waals surface area (Å²) in [6.45, 7) is 5.29. The molecule has 0 saturated carbocycles. The lowest BCUT2D eigenvalue weighted by molar-refractivity contribution is 0.238. The number of methoxy groups -OCH3 is 2. The van der Waals surface area contributed by atoms with Crippen molar-refractivity contribution in [2.75, 3.05) is 27.3 Å². The van der Waals surface area contributed by atoms with E-state index in [0.717, 1.165) is 29.0 Å². The van der Waals surface area contributed by atoms with Crippen molar-refractivity contribution in [3.63, 3.8) is 0 Å². The Morgan fingerprint density at radius 2 is 1.65 bits per heavy atom. The van der Waals surface area contributed by atoms with Crippen LogP contribution in [0.1, 0.15) is 25.0 Å². The van der Waals surface area contributed by atoms with Gasteiger partial charge >= 0.3 is 6.03 Å². The summed E-state index contributed by atoms with van der Waals surface area (Å²) < 4.78 is 10.5. The van der Waals surface area contributed by atoms with E-state index in [2.05, 4.69) is 24.5 Å². The summed E-state index contributed by atoms with van der Waals surface area (Å²) in [6.07, 6.45) is 0.722. The van der Waals surface area contributed by atoms with Crippen LogP contribution in [0.3, 0.4) is 0 Å². The Morgan fingerprint density at radius 3 is 2.31 bits per heavy atom. The summed E-state index contributed by atoms with van der Waals surface area (Å²) in [7, 11) is 3.30. The molecule has 0 unspecified atom stereocenters. The zero-order valence-corrected chi connectivity index (χ0v) is 16.0. The van der Waals surface area contributed by atoms with Crippen molar-refractivity contribution in [3.8, 4) is 11.5 Å². The van der Waals surface area contributed by atoms with E-state index in [1.165, 1.54) is 0 Å². The van der Waals surface area contributed by atoms with Gasteiger partial charge in [0.15, 0.2) is 0 Å². The molecule has 0 aromatic heterocycles. The van der Waals surface area contributed by atoms with Crippen LogP contribution in [-0.2, 0) is 11.8 Å². The molecule has 0 atom stereocenters. The topological polar surface area (TPSA) is 59.6 Å². The molecule has 2 N–H and O–H groups in total. The molecule has 0 radical (unpaired) electrons. The van der Waals surface area contributed by atoms with E-state index in [1.54, 1.807) is 14.2 Å². The molecule has 0 heterocycles. The summed E-state index contributed by atoms with van der Waals surface area (Å²) in [5.74, 6) is 1.67. The van der Waals surface area contributed by atoms with E-state index in [-0.39, 0.29) is 11.4 Å². The fourth-order valence-corrected chi connectivity index (χ4v) is 2.73. The minimum atomic E-state index is -0.174. The van der Waals surface area contributed by atoms with Crippen molar-refractivity contribution in [3.05, 3.63) is 59.7 Å². The fraction of sp³-hybridized carbons (Fsp3) is 0.381. The Kier molecular flexibility index (Phi) is 6.89. The highest BCUT2D eigenvalue weighted by molar-refractivity contribution is 5.74. The van der Waals surface area contributed by atoms with Crippen LogP contribution in [0, 0.1) is 0 Å². The monoisotopic (exact) mass is 356 g/mol. The zero-order valence-electron chi connectivity index (χ0n) is 16.0. The van der Waals surface area contributed by atoms with Crippen LogP contribution < -0.4 is 20.1 Å². The van der Waals surface area contributed by atoms with Gasteiger partial charge in [-0.2, -0.15) is 0 Å². The normalized spacial score (nSPS) is 10.9. The maximum atomic E-state index is 12.1. The molecule has 0 fully saturated rings. The van der Waals surface area contributed by atoms with Gasteiger partial charge in [-0.3, -0.25) is 0 Å². The SMILES string of the molecule is COc1ccc(C(C)(C)CNC(=O)NCCc2ccccc2OC)cc1. The highest BCUT2D eigenvalue weighted by Gasteiger charge is 2.21. The maximum Gasteiger partial charge on any atom is 0.314 e. The van der Waals surface area contributed by atoms with Crippen molar-refractivity contribution in [1.82, 2.24) is 10.6 Å². The van der Waals surface area contributed by atoms with Crippen molar-refractivity contribution in [2.45, 2.75) is 25.7 Å². The van der Waals surface area contributed by atoms with Crippen LogP contribution in [0.5, 0.6) is 11.5 Å². The second-order valence-corrected chi connectivity index (χ2v) is 6.78. The minimum Gasteiger partial charge on any atom is -0.497 e. The molecule has 0 aliphatic heterocycles. The third-order valence-corrected chi connectivity index (χ3v) is 4.43. The van der Waals surface area contributed by atoms with Crippen LogP contribution in [0.15, 0.2) is 48.5 Å². The molecule has 2 rings (SSSR count). The van der Waals surface area contributed by atoms with Gasteiger partial charge in [0.2, 0.25) is 0 Å². The van der Waals surface area contributed by atoms with Crippen molar-refractivity contribution in [2.24, 2.45) is 0 Å². The number of hydrogen-bond donors (Lipinski definition) is 2. The van der Waals surface area contributed by atoms with Crippen LogP contribution >= 0.6 is 0 Å². The first-order valence-corrected chi connectivity index (χ1v) is 8.74. The Balaban J connectivity index is 1.80. The number of carbonyl (C=O) groups excluding carboxylic acids is 1.